The van der Waals surface area contributed by atoms with Crippen LogP contribution in [0.1, 0.15) is 13.8 Å². The van der Waals surface area contributed by atoms with Gasteiger partial charge in [0.05, 0.1) is 18.8 Å². The molecule has 2 N–H and O–H groups in total. The number of nitrogens with two attached hydrogens (primary N) is 1. The van der Waals surface area contributed by atoms with Crippen molar-refractivity contribution in [2.45, 2.75) is 26.0 Å². The van der Waals surface area contributed by atoms with Crippen LogP contribution in [0.15, 0.2) is 24.3 Å². The third kappa shape index (κ3) is 3.26. The summed E-state index contributed by atoms with van der Waals surface area (Å²) in [5.41, 5.74) is 6.15. The zero-order valence-electron chi connectivity index (χ0n) is 12.6. The van der Waals surface area contributed by atoms with E-state index < -0.39 is 12.0 Å². The van der Waals surface area contributed by atoms with Gasteiger partial charge in [-0.15, -0.1) is 0 Å². The van der Waals surface area contributed by atoms with Crippen LogP contribution in [0, 0.1) is 0 Å². The van der Waals surface area contributed by atoms with Gasteiger partial charge in [0.1, 0.15) is 5.75 Å². The Morgan fingerprint density at radius 1 is 1.43 bits per heavy atom. The Morgan fingerprint density at radius 3 is 2.71 bits per heavy atom. The van der Waals surface area contributed by atoms with E-state index in [1.54, 1.807) is 18.0 Å². The van der Waals surface area contributed by atoms with Gasteiger partial charge in [0.25, 0.3) is 5.91 Å². The Morgan fingerprint density at radius 2 is 2.10 bits per heavy atom. The molecule has 0 saturated carbocycles. The summed E-state index contributed by atoms with van der Waals surface area (Å²) in [5, 5.41) is 0. The summed E-state index contributed by atoms with van der Waals surface area (Å²) in [7, 11) is 1.77. The van der Waals surface area contributed by atoms with E-state index in [0.717, 1.165) is 5.69 Å². The van der Waals surface area contributed by atoms with Crippen LogP contribution in [0.4, 0.5) is 5.69 Å². The van der Waals surface area contributed by atoms with Crippen LogP contribution in [0.25, 0.3) is 0 Å². The van der Waals surface area contributed by atoms with Crippen LogP contribution in [0.3, 0.4) is 0 Å². The highest BCUT2D eigenvalue weighted by molar-refractivity contribution is 5.85. The molecule has 6 heteroatoms. The van der Waals surface area contributed by atoms with Gasteiger partial charge < -0.3 is 20.3 Å². The molecule has 0 bridgehead atoms. The lowest BCUT2D eigenvalue weighted by molar-refractivity contribution is -0.130. The third-order valence-electron chi connectivity index (χ3n) is 3.67. The minimum Gasteiger partial charge on any atom is -0.477 e. The first-order valence-electron chi connectivity index (χ1n) is 6.95. The largest absolute Gasteiger partial charge is 0.477 e. The first kappa shape index (κ1) is 15.2. The van der Waals surface area contributed by atoms with Gasteiger partial charge in [0.15, 0.2) is 6.10 Å². The number of carbonyl (C=O) groups excluding carboxylic acids is 2. The van der Waals surface area contributed by atoms with Crippen molar-refractivity contribution in [1.29, 1.82) is 0 Å². The molecule has 2 amide bonds. The van der Waals surface area contributed by atoms with E-state index in [9.17, 15) is 9.59 Å². The van der Waals surface area contributed by atoms with E-state index in [1.165, 1.54) is 0 Å². The van der Waals surface area contributed by atoms with Gasteiger partial charge in [-0.3, -0.25) is 9.59 Å². The molecule has 1 heterocycles. The number of amides is 2. The zero-order chi connectivity index (χ0) is 15.6. The second kappa shape index (κ2) is 6.03. The number of hydrogen-bond acceptors (Lipinski definition) is 4. The second-order valence-corrected chi connectivity index (χ2v) is 5.46. The fourth-order valence-corrected chi connectivity index (χ4v) is 2.17. The summed E-state index contributed by atoms with van der Waals surface area (Å²) < 4.78 is 5.57. The molecule has 0 unspecified atom stereocenters. The summed E-state index contributed by atoms with van der Waals surface area (Å²) in [6, 6.07) is 7.46. The summed E-state index contributed by atoms with van der Waals surface area (Å²) in [4.78, 5) is 27.2. The predicted octanol–water partition coefficient (Wildman–Crippen LogP) is 0.606. The number of rotatable bonds is 4. The minimum absolute atomic E-state index is 0.00933. The number of hydrogen-bond donors (Lipinski definition) is 1. The Labute approximate surface area is 124 Å². The molecule has 1 aliphatic heterocycles. The van der Waals surface area contributed by atoms with E-state index in [0.29, 0.717) is 5.75 Å². The quantitative estimate of drug-likeness (QED) is 0.881. The minimum atomic E-state index is -0.739. The monoisotopic (exact) mass is 291 g/mol. The molecule has 1 aliphatic rings. The molecular formula is C15H21N3O3. The van der Waals surface area contributed by atoms with Crippen molar-refractivity contribution in [3.05, 3.63) is 24.3 Å². The van der Waals surface area contributed by atoms with Crippen molar-refractivity contribution in [1.82, 2.24) is 4.90 Å². The molecule has 0 spiro atoms. The van der Waals surface area contributed by atoms with Crippen molar-refractivity contribution in [3.63, 3.8) is 0 Å². The highest BCUT2D eigenvalue weighted by Crippen LogP contribution is 2.32. The standard InChI is InChI=1S/C15H21N3O3/c1-10(2)17(3)14(19)9-18-8-13(15(16)20)21-12-7-5-4-6-11(12)18/h4-7,10,13H,8-9H2,1-3H3,(H2,16,20)/t13-/m1/s1. The molecule has 21 heavy (non-hydrogen) atoms. The smallest absolute Gasteiger partial charge is 0.260 e. The summed E-state index contributed by atoms with van der Waals surface area (Å²) in [5.74, 6) is 0.0386. The Bertz CT molecular complexity index is 545. The summed E-state index contributed by atoms with van der Waals surface area (Å²) >= 11 is 0. The summed E-state index contributed by atoms with van der Waals surface area (Å²) in [6.45, 7) is 4.39. The molecule has 1 atom stereocenters. The van der Waals surface area contributed by atoms with E-state index in [4.69, 9.17) is 10.5 Å². The fraction of sp³-hybridized carbons (Fsp3) is 0.467. The van der Waals surface area contributed by atoms with Crippen LogP contribution < -0.4 is 15.4 Å². The van der Waals surface area contributed by atoms with Crippen molar-refractivity contribution >= 4 is 17.5 Å². The first-order valence-corrected chi connectivity index (χ1v) is 6.95. The van der Waals surface area contributed by atoms with Gasteiger partial charge in [-0.25, -0.2) is 0 Å². The average molecular weight is 291 g/mol. The molecule has 0 aliphatic carbocycles. The molecule has 6 nitrogen and oxygen atoms in total. The number of primary amides is 1. The number of benzene rings is 1. The van der Waals surface area contributed by atoms with Gasteiger partial charge in [-0.05, 0) is 26.0 Å². The van der Waals surface area contributed by atoms with Crippen molar-refractivity contribution in [2.24, 2.45) is 5.73 Å². The number of ether oxygens (including phenoxy) is 1. The van der Waals surface area contributed by atoms with Crippen molar-refractivity contribution in [3.8, 4) is 5.75 Å². The number of anilines is 1. The normalized spacial score (nSPS) is 17.1. The molecule has 0 saturated heterocycles. The predicted molar refractivity (Wildman–Crippen MR) is 80.2 cm³/mol. The van der Waals surface area contributed by atoms with Gasteiger partial charge in [-0.2, -0.15) is 0 Å². The fourth-order valence-electron chi connectivity index (χ4n) is 2.17. The number of para-hydroxylation sites is 2. The van der Waals surface area contributed by atoms with Crippen LogP contribution >= 0.6 is 0 Å². The van der Waals surface area contributed by atoms with Gasteiger partial charge in [0, 0.05) is 13.1 Å². The number of carbonyl (C=O) groups is 2. The molecule has 0 fully saturated rings. The molecule has 0 radical (unpaired) electrons. The topological polar surface area (TPSA) is 75.9 Å². The molecule has 2 rings (SSSR count). The Balaban J connectivity index is 2.21. The number of likely N-dealkylation sites (N-methyl/N-ethyl adjacent to an activating group) is 1. The van der Waals surface area contributed by atoms with Crippen molar-refractivity contribution < 1.29 is 14.3 Å². The lowest BCUT2D eigenvalue weighted by Gasteiger charge is -2.35. The number of fused-ring (bicyclic) bond motifs is 1. The van der Waals surface area contributed by atoms with Gasteiger partial charge >= 0.3 is 0 Å². The maximum absolute atomic E-state index is 12.3. The SMILES string of the molecule is CC(C)N(C)C(=O)CN1C[C@H](C(N)=O)Oc2ccccc21. The van der Waals surface area contributed by atoms with Crippen LogP contribution in [-0.2, 0) is 9.59 Å². The first-order chi connectivity index (χ1) is 9.90. The molecule has 1 aromatic rings. The molecule has 0 aromatic heterocycles. The Hall–Kier alpha value is -2.24. The molecule has 114 valence electrons. The van der Waals surface area contributed by atoms with E-state index >= 15 is 0 Å². The lowest BCUT2D eigenvalue weighted by Crippen LogP contribution is -2.50. The van der Waals surface area contributed by atoms with Gasteiger partial charge in [0.2, 0.25) is 5.91 Å². The van der Waals surface area contributed by atoms with Crippen LogP contribution in [-0.4, -0.2) is 49.0 Å². The summed E-state index contributed by atoms with van der Waals surface area (Å²) in [6.07, 6.45) is -0.739. The molecule has 1 aromatic carbocycles. The van der Waals surface area contributed by atoms with Gasteiger partial charge in [-0.1, -0.05) is 12.1 Å². The van der Waals surface area contributed by atoms with E-state index in [-0.39, 0.29) is 25.0 Å². The highest BCUT2D eigenvalue weighted by Gasteiger charge is 2.30. The highest BCUT2D eigenvalue weighted by atomic mass is 16.5. The van der Waals surface area contributed by atoms with Crippen molar-refractivity contribution in [2.75, 3.05) is 25.0 Å². The van der Waals surface area contributed by atoms with Crippen LogP contribution in [0.5, 0.6) is 5.75 Å². The Kier molecular flexibility index (Phi) is 4.35. The number of nitrogens with zero attached hydrogens (tertiary/aromatic N) is 2. The van der Waals surface area contributed by atoms with E-state index in [2.05, 4.69) is 0 Å². The van der Waals surface area contributed by atoms with E-state index in [1.807, 2.05) is 36.9 Å². The third-order valence-corrected chi connectivity index (χ3v) is 3.67. The second-order valence-electron chi connectivity index (χ2n) is 5.46. The maximum atomic E-state index is 12.3. The maximum Gasteiger partial charge on any atom is 0.260 e. The average Bonchev–Trinajstić information content (AvgIpc) is 2.45. The lowest BCUT2D eigenvalue weighted by atomic mass is 10.1. The van der Waals surface area contributed by atoms with Crippen LogP contribution in [0.2, 0.25) is 0 Å². The molecular weight excluding hydrogens is 270 g/mol. The zero-order valence-corrected chi connectivity index (χ0v) is 12.6.